The van der Waals surface area contributed by atoms with Crippen molar-refractivity contribution >= 4 is 35.5 Å². The van der Waals surface area contributed by atoms with Crippen molar-refractivity contribution in [1.29, 1.82) is 0 Å². The lowest BCUT2D eigenvalue weighted by Crippen LogP contribution is -2.48. The molecule has 4 aliphatic rings. The number of cyclic esters (lactones) is 2. The summed E-state index contributed by atoms with van der Waals surface area (Å²) in [5.41, 5.74) is 1.20. The molecule has 3 fully saturated rings. The quantitative estimate of drug-likeness (QED) is 0.417. The number of allylic oxidation sites excluding steroid dienone is 1. The number of rotatable bonds is 0. The largest absolute Gasteiger partial charge is 0.393 e. The second kappa shape index (κ2) is 5.03. The standard InChI is InChI=1S/C15H18O4S2/c16-10-4-5-15(20-6-1-7-21-15)9-3-2-8-11(12(9)10)14(18)19-13(8)17/h3,8,10-12,16H,1-2,4-7H2/t8-,10-,11-,12-/m1/s1. The van der Waals surface area contributed by atoms with Gasteiger partial charge in [0.1, 0.15) is 0 Å². The van der Waals surface area contributed by atoms with Gasteiger partial charge in [0.05, 0.1) is 22.0 Å². The monoisotopic (exact) mass is 326 g/mol. The predicted octanol–water partition coefficient (Wildman–Crippen LogP) is 1.97. The fourth-order valence-corrected chi connectivity index (χ4v) is 7.73. The van der Waals surface area contributed by atoms with Crippen molar-refractivity contribution < 1.29 is 19.4 Å². The van der Waals surface area contributed by atoms with Crippen LogP contribution in [-0.4, -0.2) is 38.7 Å². The molecule has 1 N–H and O–H groups in total. The maximum Gasteiger partial charge on any atom is 0.318 e. The topological polar surface area (TPSA) is 63.6 Å². The maximum atomic E-state index is 12.1. The van der Waals surface area contributed by atoms with Crippen molar-refractivity contribution in [3.8, 4) is 0 Å². The highest BCUT2D eigenvalue weighted by Gasteiger charge is 2.58. The molecule has 0 aromatic carbocycles. The minimum absolute atomic E-state index is 0.0129. The number of esters is 2. The van der Waals surface area contributed by atoms with Crippen molar-refractivity contribution in [3.05, 3.63) is 11.6 Å². The van der Waals surface area contributed by atoms with Gasteiger partial charge in [-0.1, -0.05) is 6.08 Å². The first-order valence-corrected chi connectivity index (χ1v) is 9.51. The third-order valence-corrected chi connectivity index (χ3v) is 8.63. The van der Waals surface area contributed by atoms with Crippen molar-refractivity contribution in [2.24, 2.45) is 17.8 Å². The van der Waals surface area contributed by atoms with E-state index in [0.29, 0.717) is 12.8 Å². The van der Waals surface area contributed by atoms with Crippen LogP contribution >= 0.6 is 23.5 Å². The van der Waals surface area contributed by atoms with Crippen LogP contribution in [0.4, 0.5) is 0 Å². The summed E-state index contributed by atoms with van der Waals surface area (Å²) in [5, 5.41) is 10.5. The number of hydrogen-bond donors (Lipinski definition) is 1. The molecule has 1 spiro atoms. The smallest absolute Gasteiger partial charge is 0.318 e. The molecule has 0 aromatic heterocycles. The second-order valence-corrected chi connectivity index (χ2v) is 9.25. The first-order chi connectivity index (χ1) is 10.1. The highest BCUT2D eigenvalue weighted by atomic mass is 32.2. The van der Waals surface area contributed by atoms with Gasteiger partial charge < -0.3 is 9.84 Å². The fraction of sp³-hybridized carbons (Fsp3) is 0.733. The SMILES string of the molecule is O=C1OC(=O)[C@@H]2CC=C3[C@@H]([C@H]12)[C@H](O)CCC31SCCCS1. The fourth-order valence-electron chi connectivity index (χ4n) is 4.18. The van der Waals surface area contributed by atoms with E-state index in [-0.39, 0.29) is 15.9 Å². The zero-order chi connectivity index (χ0) is 14.6. The highest BCUT2D eigenvalue weighted by molar-refractivity contribution is 8.19. The summed E-state index contributed by atoms with van der Waals surface area (Å²) >= 11 is 3.91. The van der Waals surface area contributed by atoms with Gasteiger partial charge in [0.15, 0.2) is 0 Å². The molecule has 4 atom stereocenters. The van der Waals surface area contributed by atoms with E-state index in [9.17, 15) is 14.7 Å². The average molecular weight is 326 g/mol. The molecule has 2 saturated heterocycles. The van der Waals surface area contributed by atoms with Crippen LogP contribution in [0, 0.1) is 17.8 Å². The molecule has 1 saturated carbocycles. The van der Waals surface area contributed by atoms with Crippen LogP contribution in [0.25, 0.3) is 0 Å². The van der Waals surface area contributed by atoms with Crippen LogP contribution < -0.4 is 0 Å². The molecule has 21 heavy (non-hydrogen) atoms. The van der Waals surface area contributed by atoms with Gasteiger partial charge in [-0.05, 0) is 42.8 Å². The molecular formula is C15H18O4S2. The van der Waals surface area contributed by atoms with E-state index in [2.05, 4.69) is 6.08 Å². The van der Waals surface area contributed by atoms with Crippen molar-refractivity contribution in [2.45, 2.75) is 35.9 Å². The molecule has 0 radical (unpaired) electrons. The van der Waals surface area contributed by atoms with E-state index in [1.807, 2.05) is 23.5 Å². The first kappa shape index (κ1) is 14.2. The first-order valence-electron chi connectivity index (χ1n) is 7.54. The summed E-state index contributed by atoms with van der Waals surface area (Å²) in [4.78, 5) is 23.9. The third kappa shape index (κ3) is 2.02. The molecule has 0 amide bonds. The summed E-state index contributed by atoms with van der Waals surface area (Å²) in [5.74, 6) is 0.352. The molecule has 4 nitrogen and oxygen atoms in total. The Balaban J connectivity index is 1.75. The molecule has 0 aromatic rings. The van der Waals surface area contributed by atoms with E-state index in [0.717, 1.165) is 17.9 Å². The molecule has 4 rings (SSSR count). The van der Waals surface area contributed by atoms with Crippen molar-refractivity contribution in [1.82, 2.24) is 0 Å². The Morgan fingerprint density at radius 3 is 2.71 bits per heavy atom. The van der Waals surface area contributed by atoms with Crippen LogP contribution in [0.1, 0.15) is 25.7 Å². The maximum absolute atomic E-state index is 12.1. The van der Waals surface area contributed by atoms with Gasteiger partial charge >= 0.3 is 11.9 Å². The van der Waals surface area contributed by atoms with Crippen LogP contribution in [0.2, 0.25) is 0 Å². The number of carbonyl (C=O) groups excluding carboxylic acids is 2. The predicted molar refractivity (Wildman–Crippen MR) is 81.8 cm³/mol. The van der Waals surface area contributed by atoms with Gasteiger partial charge in [0, 0.05) is 5.92 Å². The summed E-state index contributed by atoms with van der Waals surface area (Å²) in [6.07, 6.45) is 5.04. The van der Waals surface area contributed by atoms with Crippen LogP contribution in [0.3, 0.4) is 0 Å². The molecule has 2 heterocycles. The molecular weight excluding hydrogens is 308 g/mol. The molecule has 0 bridgehead atoms. The number of hydrogen-bond acceptors (Lipinski definition) is 6. The number of thioether (sulfide) groups is 2. The van der Waals surface area contributed by atoms with Gasteiger partial charge in [-0.25, -0.2) is 0 Å². The molecule has 2 aliphatic heterocycles. The Labute approximate surface area is 132 Å². The normalized spacial score (nSPS) is 41.3. The van der Waals surface area contributed by atoms with Crippen molar-refractivity contribution in [3.63, 3.8) is 0 Å². The number of fused-ring (bicyclic) bond motifs is 4. The zero-order valence-electron chi connectivity index (χ0n) is 11.6. The minimum atomic E-state index is -0.531. The highest BCUT2D eigenvalue weighted by Crippen LogP contribution is 2.60. The number of aliphatic hydroxyl groups excluding tert-OH is 1. The van der Waals surface area contributed by atoms with Gasteiger partial charge in [0.25, 0.3) is 0 Å². The van der Waals surface area contributed by atoms with E-state index in [4.69, 9.17) is 4.74 Å². The summed E-state index contributed by atoms with van der Waals surface area (Å²) in [7, 11) is 0. The van der Waals surface area contributed by atoms with E-state index in [1.165, 1.54) is 12.0 Å². The second-order valence-electron chi connectivity index (χ2n) is 6.20. The zero-order valence-corrected chi connectivity index (χ0v) is 13.3. The van der Waals surface area contributed by atoms with Crippen LogP contribution in [0.5, 0.6) is 0 Å². The Morgan fingerprint density at radius 2 is 1.95 bits per heavy atom. The van der Waals surface area contributed by atoms with Gasteiger partial charge in [-0.2, -0.15) is 0 Å². The third-order valence-electron chi connectivity index (χ3n) is 5.13. The molecule has 114 valence electrons. The summed E-state index contributed by atoms with van der Waals surface area (Å²) in [6, 6.07) is 0. The van der Waals surface area contributed by atoms with Crippen LogP contribution in [0.15, 0.2) is 11.6 Å². The van der Waals surface area contributed by atoms with E-state index in [1.54, 1.807) is 0 Å². The number of aliphatic hydroxyl groups is 1. The summed E-state index contributed by atoms with van der Waals surface area (Å²) < 4.78 is 4.86. The lowest BCUT2D eigenvalue weighted by Gasteiger charge is -2.49. The Bertz CT molecular complexity index is 524. The Morgan fingerprint density at radius 1 is 1.19 bits per heavy atom. The summed E-state index contributed by atoms with van der Waals surface area (Å²) in [6.45, 7) is 0. The van der Waals surface area contributed by atoms with Gasteiger partial charge in [0.2, 0.25) is 0 Å². The molecule has 0 unspecified atom stereocenters. The van der Waals surface area contributed by atoms with Gasteiger partial charge in [-0.15, -0.1) is 23.5 Å². The van der Waals surface area contributed by atoms with E-state index < -0.39 is 24.0 Å². The lowest BCUT2D eigenvalue weighted by molar-refractivity contribution is -0.154. The molecule has 2 aliphatic carbocycles. The average Bonchev–Trinajstić information content (AvgIpc) is 2.79. The van der Waals surface area contributed by atoms with E-state index >= 15 is 0 Å². The lowest BCUT2D eigenvalue weighted by atomic mass is 9.66. The molecule has 6 heteroatoms. The Hall–Kier alpha value is -0.460. The number of carbonyl (C=O) groups is 2. The van der Waals surface area contributed by atoms with Crippen molar-refractivity contribution in [2.75, 3.05) is 11.5 Å². The Kier molecular flexibility index (Phi) is 3.39. The minimum Gasteiger partial charge on any atom is -0.393 e. The van der Waals surface area contributed by atoms with Crippen LogP contribution in [-0.2, 0) is 14.3 Å². The number of ether oxygens (including phenoxy) is 1. The van der Waals surface area contributed by atoms with Gasteiger partial charge in [-0.3, -0.25) is 9.59 Å².